The third-order valence-corrected chi connectivity index (χ3v) is 9.03. The summed E-state index contributed by atoms with van der Waals surface area (Å²) in [5, 5.41) is 0. The maximum Gasteiger partial charge on any atom is -0.0329 e. The molecule has 0 aromatic carbocycles. The normalized spacial score (nSPS) is 35.6. The van der Waals surface area contributed by atoms with E-state index in [1.807, 2.05) is 0 Å². The first-order chi connectivity index (χ1) is 12.9. The molecule has 0 bridgehead atoms. The Bertz CT molecular complexity index is 464. The van der Waals surface area contributed by atoms with Crippen LogP contribution in [0.1, 0.15) is 128 Å². The molecule has 2 fully saturated rings. The number of hydrogen-bond donors (Lipinski definition) is 0. The maximum absolute atomic E-state index is 2.50. The topological polar surface area (TPSA) is 0 Å². The van der Waals surface area contributed by atoms with Gasteiger partial charge in [-0.3, -0.25) is 0 Å². The Morgan fingerprint density at radius 2 is 0.690 bits per heavy atom. The van der Waals surface area contributed by atoms with E-state index in [-0.39, 0.29) is 0 Å². The van der Waals surface area contributed by atoms with Gasteiger partial charge >= 0.3 is 0 Å². The Labute approximate surface area is 185 Å². The monoisotopic (exact) mass is 404 g/mol. The Morgan fingerprint density at radius 3 is 0.931 bits per heavy atom. The fourth-order valence-electron chi connectivity index (χ4n) is 7.40. The van der Waals surface area contributed by atoms with Gasteiger partial charge in [-0.25, -0.2) is 0 Å². The van der Waals surface area contributed by atoms with Crippen molar-refractivity contribution in [2.75, 3.05) is 0 Å². The summed E-state index contributed by atoms with van der Waals surface area (Å²) in [6, 6.07) is 0. The fraction of sp³-hybridized carbons (Fsp3) is 1.00. The van der Waals surface area contributed by atoms with Gasteiger partial charge < -0.3 is 0 Å². The molecule has 2 aliphatic carbocycles. The molecular weight excluding hydrogens is 348 g/mol. The molecule has 0 spiro atoms. The highest BCUT2D eigenvalue weighted by molar-refractivity contribution is 4.95. The van der Waals surface area contributed by atoms with E-state index in [2.05, 4.69) is 83.1 Å². The largest absolute Gasteiger partial charge is 0.0599 e. The van der Waals surface area contributed by atoms with E-state index < -0.39 is 0 Å². The highest BCUT2D eigenvalue weighted by atomic mass is 14.5. The molecule has 0 heteroatoms. The van der Waals surface area contributed by atoms with Crippen molar-refractivity contribution in [1.82, 2.24) is 0 Å². The van der Waals surface area contributed by atoms with Crippen LogP contribution in [0.2, 0.25) is 0 Å². The van der Waals surface area contributed by atoms with E-state index >= 15 is 0 Å². The first-order valence-electron chi connectivity index (χ1n) is 12.9. The molecular formula is C29H56. The summed E-state index contributed by atoms with van der Waals surface area (Å²) in [4.78, 5) is 0. The zero-order valence-electron chi connectivity index (χ0n) is 22.4. The summed E-state index contributed by atoms with van der Waals surface area (Å²) in [6.07, 6.45) is 10.3. The Hall–Kier alpha value is 0. The molecule has 0 N–H and O–H groups in total. The van der Waals surface area contributed by atoms with E-state index in [0.717, 1.165) is 35.5 Å². The number of rotatable bonds is 2. The van der Waals surface area contributed by atoms with Crippen LogP contribution in [0.5, 0.6) is 0 Å². The number of hydrogen-bond acceptors (Lipinski definition) is 0. The molecule has 0 aliphatic heterocycles. The lowest BCUT2D eigenvalue weighted by molar-refractivity contribution is -0.0137. The van der Waals surface area contributed by atoms with Crippen LogP contribution >= 0.6 is 0 Å². The first kappa shape index (κ1) is 25.3. The Kier molecular flexibility index (Phi) is 7.41. The maximum atomic E-state index is 2.50. The smallest absolute Gasteiger partial charge is 0.0329 e. The SMILES string of the molecule is CC(C)(C)C1CCC(CC2CCC(C(C)(C)C)C(C(C)(C)C)C2)CC1C(C)(C)C. The second kappa shape index (κ2) is 8.50. The second-order valence-electron chi connectivity index (χ2n) is 15.5. The lowest BCUT2D eigenvalue weighted by Gasteiger charge is -2.51. The Balaban J connectivity index is 2.08. The standard InChI is InChI=1S/C29H56/c1-26(2,3)22-15-13-20(18-24(22)28(7,8)9)17-21-14-16-23(27(4,5)6)25(19-21)29(10,11)12/h20-25H,13-19H2,1-12H3. The highest BCUT2D eigenvalue weighted by Crippen LogP contribution is 2.55. The van der Waals surface area contributed by atoms with E-state index in [9.17, 15) is 0 Å². The summed E-state index contributed by atoms with van der Waals surface area (Å²) in [5.41, 5.74) is 1.78. The van der Waals surface area contributed by atoms with Gasteiger partial charge in [-0.05, 0) is 89.3 Å². The van der Waals surface area contributed by atoms with Gasteiger partial charge in [0, 0.05) is 0 Å². The molecule has 6 atom stereocenters. The van der Waals surface area contributed by atoms with E-state index in [1.165, 1.54) is 44.9 Å². The molecule has 2 saturated carbocycles. The summed E-state index contributed by atoms with van der Waals surface area (Å²) in [6.45, 7) is 29.9. The van der Waals surface area contributed by atoms with Gasteiger partial charge in [0.1, 0.15) is 0 Å². The van der Waals surface area contributed by atoms with Crippen molar-refractivity contribution in [3.05, 3.63) is 0 Å². The average molecular weight is 405 g/mol. The Morgan fingerprint density at radius 1 is 0.414 bits per heavy atom. The van der Waals surface area contributed by atoms with Crippen LogP contribution in [0.15, 0.2) is 0 Å². The second-order valence-corrected chi connectivity index (χ2v) is 15.5. The molecule has 0 saturated heterocycles. The third kappa shape index (κ3) is 6.49. The van der Waals surface area contributed by atoms with Gasteiger partial charge in [0.05, 0.1) is 0 Å². The predicted molar refractivity (Wildman–Crippen MR) is 131 cm³/mol. The molecule has 0 amide bonds. The zero-order chi connectivity index (χ0) is 22.4. The van der Waals surface area contributed by atoms with Crippen molar-refractivity contribution in [2.45, 2.75) is 128 Å². The minimum absolute atomic E-state index is 0.439. The van der Waals surface area contributed by atoms with Crippen LogP contribution in [0.25, 0.3) is 0 Å². The molecule has 0 aromatic rings. The van der Waals surface area contributed by atoms with Gasteiger partial charge in [-0.15, -0.1) is 0 Å². The fourth-order valence-corrected chi connectivity index (χ4v) is 7.40. The minimum atomic E-state index is 0.439. The van der Waals surface area contributed by atoms with Gasteiger partial charge in [0.25, 0.3) is 0 Å². The van der Waals surface area contributed by atoms with Crippen LogP contribution in [-0.2, 0) is 0 Å². The molecule has 0 heterocycles. The van der Waals surface area contributed by atoms with Crippen molar-refractivity contribution in [3.63, 3.8) is 0 Å². The van der Waals surface area contributed by atoms with Crippen molar-refractivity contribution in [2.24, 2.45) is 57.2 Å². The van der Waals surface area contributed by atoms with Gasteiger partial charge in [-0.2, -0.15) is 0 Å². The van der Waals surface area contributed by atoms with Crippen molar-refractivity contribution in [1.29, 1.82) is 0 Å². The average Bonchev–Trinajstić information content (AvgIpc) is 2.51. The lowest BCUT2D eigenvalue weighted by Crippen LogP contribution is -2.42. The van der Waals surface area contributed by atoms with Crippen LogP contribution in [0.3, 0.4) is 0 Å². The first-order valence-corrected chi connectivity index (χ1v) is 12.9. The molecule has 6 unspecified atom stereocenters. The van der Waals surface area contributed by atoms with Gasteiger partial charge in [0.2, 0.25) is 0 Å². The summed E-state index contributed by atoms with van der Waals surface area (Å²) in [7, 11) is 0. The molecule has 0 radical (unpaired) electrons. The summed E-state index contributed by atoms with van der Waals surface area (Å²) < 4.78 is 0. The zero-order valence-corrected chi connectivity index (χ0v) is 22.4. The quantitative estimate of drug-likeness (QED) is 0.429. The van der Waals surface area contributed by atoms with Crippen LogP contribution in [0, 0.1) is 57.2 Å². The highest BCUT2D eigenvalue weighted by Gasteiger charge is 2.45. The van der Waals surface area contributed by atoms with Crippen molar-refractivity contribution < 1.29 is 0 Å². The molecule has 2 aliphatic rings. The van der Waals surface area contributed by atoms with Gasteiger partial charge in [0.15, 0.2) is 0 Å². The molecule has 2 rings (SSSR count). The summed E-state index contributed by atoms with van der Waals surface area (Å²) >= 11 is 0. The lowest BCUT2D eigenvalue weighted by atomic mass is 9.54. The van der Waals surface area contributed by atoms with E-state index in [0.29, 0.717) is 21.7 Å². The minimum Gasteiger partial charge on any atom is -0.0599 e. The predicted octanol–water partition coefficient (Wildman–Crippen LogP) is 9.63. The van der Waals surface area contributed by atoms with Crippen LogP contribution < -0.4 is 0 Å². The van der Waals surface area contributed by atoms with Crippen LogP contribution in [0.4, 0.5) is 0 Å². The molecule has 29 heavy (non-hydrogen) atoms. The molecule has 0 aromatic heterocycles. The van der Waals surface area contributed by atoms with Crippen molar-refractivity contribution >= 4 is 0 Å². The van der Waals surface area contributed by atoms with E-state index in [4.69, 9.17) is 0 Å². The van der Waals surface area contributed by atoms with Gasteiger partial charge in [-0.1, -0.05) is 95.9 Å². The van der Waals surface area contributed by atoms with Crippen molar-refractivity contribution in [3.8, 4) is 0 Å². The van der Waals surface area contributed by atoms with E-state index in [1.54, 1.807) is 0 Å². The molecule has 0 nitrogen and oxygen atoms in total. The summed E-state index contributed by atoms with van der Waals surface area (Å²) in [5.74, 6) is 5.47. The third-order valence-electron chi connectivity index (χ3n) is 9.03. The molecule has 172 valence electrons. The van der Waals surface area contributed by atoms with Crippen LogP contribution in [-0.4, -0.2) is 0 Å².